The minimum Gasteiger partial charge on any atom is -0.384 e. The largest absolute Gasteiger partial charge is 0.384 e. The van der Waals surface area contributed by atoms with E-state index in [1.54, 1.807) is 10.2 Å². The van der Waals surface area contributed by atoms with Crippen molar-refractivity contribution in [1.29, 1.82) is 0 Å². The van der Waals surface area contributed by atoms with Crippen LogP contribution in [0.2, 0.25) is 0 Å². The molecule has 1 aromatic carbocycles. The lowest BCUT2D eigenvalue weighted by atomic mass is 10.3. The van der Waals surface area contributed by atoms with E-state index in [0.717, 1.165) is 9.58 Å². The average molecular weight is 288 g/mol. The molecule has 0 bridgehead atoms. The van der Waals surface area contributed by atoms with Crippen LogP contribution in [0.15, 0.2) is 35.3 Å². The van der Waals surface area contributed by atoms with Gasteiger partial charge in [0.2, 0.25) is 5.13 Å². The summed E-state index contributed by atoms with van der Waals surface area (Å²) in [4.78, 5) is 17.1. The zero-order chi connectivity index (χ0) is 13.2. The van der Waals surface area contributed by atoms with Crippen molar-refractivity contribution in [2.24, 2.45) is 0 Å². The first-order chi connectivity index (χ1) is 9.29. The second kappa shape index (κ2) is 4.97. The predicted molar refractivity (Wildman–Crippen MR) is 77.1 cm³/mol. The highest BCUT2D eigenvalue weighted by atomic mass is 32.1. The van der Waals surface area contributed by atoms with Crippen molar-refractivity contribution in [1.82, 2.24) is 8.94 Å². The molecule has 0 aliphatic rings. The molecule has 94 valence electrons. The number of nitrogens with zero attached hydrogens (tertiary/aromatic N) is 2. The van der Waals surface area contributed by atoms with Crippen molar-refractivity contribution in [3.63, 3.8) is 0 Å². The number of rotatable bonds is 1. The van der Waals surface area contributed by atoms with Crippen LogP contribution in [0.1, 0.15) is 4.88 Å². The van der Waals surface area contributed by atoms with E-state index in [-0.39, 0.29) is 12.2 Å². The molecule has 0 saturated heterocycles. The summed E-state index contributed by atoms with van der Waals surface area (Å²) in [6.07, 6.45) is 1.61. The zero-order valence-electron chi connectivity index (χ0n) is 9.66. The lowest BCUT2D eigenvalue weighted by molar-refractivity contribution is 0.350. The Hall–Kier alpha value is -1.94. The van der Waals surface area contributed by atoms with Gasteiger partial charge in [-0.3, -0.25) is 4.79 Å². The van der Waals surface area contributed by atoms with E-state index in [9.17, 15) is 4.79 Å². The van der Waals surface area contributed by atoms with Gasteiger partial charge in [-0.05, 0) is 23.7 Å². The van der Waals surface area contributed by atoms with Crippen LogP contribution in [0.3, 0.4) is 0 Å². The van der Waals surface area contributed by atoms with E-state index in [1.807, 2.05) is 24.3 Å². The van der Waals surface area contributed by atoms with Gasteiger partial charge in [-0.15, -0.1) is 0 Å². The van der Waals surface area contributed by atoms with Crippen molar-refractivity contribution in [2.45, 2.75) is 0 Å². The Morgan fingerprint density at radius 3 is 3.00 bits per heavy atom. The van der Waals surface area contributed by atoms with Crippen molar-refractivity contribution in [2.75, 3.05) is 6.61 Å². The molecule has 0 aliphatic heterocycles. The summed E-state index contributed by atoms with van der Waals surface area (Å²) in [5.74, 6) is 5.35. The van der Waals surface area contributed by atoms with Gasteiger partial charge in [-0.25, -0.2) is 8.94 Å². The molecule has 0 fully saturated rings. The molecule has 3 aromatic rings. The predicted octanol–water partition coefficient (Wildman–Crippen LogP) is 1.85. The van der Waals surface area contributed by atoms with Gasteiger partial charge in [0, 0.05) is 0 Å². The molecule has 0 spiro atoms. The van der Waals surface area contributed by atoms with Gasteiger partial charge >= 0.3 is 0 Å². The third kappa shape index (κ3) is 2.19. The highest BCUT2D eigenvalue weighted by Gasteiger charge is 2.11. The molecule has 2 heterocycles. The van der Waals surface area contributed by atoms with Crippen molar-refractivity contribution in [3.8, 4) is 17.0 Å². The Balaban J connectivity index is 2.12. The summed E-state index contributed by atoms with van der Waals surface area (Å²) in [6, 6.07) is 7.48. The maximum absolute atomic E-state index is 12.2. The summed E-state index contributed by atoms with van der Waals surface area (Å²) >= 11 is 2.70. The highest BCUT2D eigenvalue weighted by Crippen LogP contribution is 2.22. The number of hydrogen-bond donors (Lipinski definition) is 1. The number of benzene rings is 1. The van der Waals surface area contributed by atoms with Crippen LogP contribution in [0.25, 0.3) is 15.2 Å². The van der Waals surface area contributed by atoms with E-state index in [1.165, 1.54) is 22.9 Å². The van der Waals surface area contributed by atoms with Gasteiger partial charge in [-0.1, -0.05) is 35.3 Å². The van der Waals surface area contributed by atoms with Gasteiger partial charge in [0.25, 0.3) is 5.56 Å². The second-order valence-electron chi connectivity index (χ2n) is 3.65. The molecule has 3 rings (SSSR count). The van der Waals surface area contributed by atoms with E-state index >= 15 is 0 Å². The molecule has 0 saturated carbocycles. The van der Waals surface area contributed by atoms with Crippen molar-refractivity contribution < 1.29 is 5.11 Å². The SMILES string of the molecule is O=c1c2ccccc2sn1-c1ncc(C#CCO)s1. The Kier molecular flexibility index (Phi) is 3.17. The first kappa shape index (κ1) is 12.1. The van der Waals surface area contributed by atoms with E-state index in [0.29, 0.717) is 10.5 Å². The minimum absolute atomic E-state index is 0.0587. The molecule has 0 atom stereocenters. The molecular weight excluding hydrogens is 280 g/mol. The number of aromatic nitrogens is 2. The first-order valence-corrected chi connectivity index (χ1v) is 7.05. The van der Waals surface area contributed by atoms with E-state index in [2.05, 4.69) is 16.8 Å². The van der Waals surface area contributed by atoms with Crippen molar-refractivity contribution >= 4 is 33.0 Å². The number of hydrogen-bond acceptors (Lipinski definition) is 5. The number of fused-ring (bicyclic) bond motifs is 1. The molecule has 0 radical (unpaired) electrons. The smallest absolute Gasteiger partial charge is 0.275 e. The number of aliphatic hydroxyl groups is 1. The Labute approximate surface area is 116 Å². The quantitative estimate of drug-likeness (QED) is 0.695. The van der Waals surface area contributed by atoms with Crippen LogP contribution < -0.4 is 5.56 Å². The van der Waals surface area contributed by atoms with Crippen LogP contribution >= 0.6 is 22.9 Å². The van der Waals surface area contributed by atoms with Crippen LogP contribution in [0.5, 0.6) is 0 Å². The molecule has 0 unspecified atom stereocenters. The van der Waals surface area contributed by atoms with E-state index in [4.69, 9.17) is 5.11 Å². The first-order valence-electron chi connectivity index (χ1n) is 5.46. The molecule has 4 nitrogen and oxygen atoms in total. The summed E-state index contributed by atoms with van der Waals surface area (Å²) in [5.41, 5.74) is -0.0587. The summed E-state index contributed by atoms with van der Waals surface area (Å²) < 4.78 is 2.50. The third-order valence-corrected chi connectivity index (χ3v) is 4.54. The number of thiazole rings is 1. The fourth-order valence-corrected chi connectivity index (χ4v) is 3.46. The summed E-state index contributed by atoms with van der Waals surface area (Å²) in [5, 5.41) is 9.95. The van der Waals surface area contributed by atoms with Gasteiger partial charge < -0.3 is 5.11 Å². The topological polar surface area (TPSA) is 55.1 Å². The van der Waals surface area contributed by atoms with E-state index < -0.39 is 0 Å². The fraction of sp³-hybridized carbons (Fsp3) is 0.0769. The van der Waals surface area contributed by atoms with Gasteiger partial charge in [-0.2, -0.15) is 0 Å². The van der Waals surface area contributed by atoms with Crippen LogP contribution in [0.4, 0.5) is 0 Å². The Bertz CT molecular complexity index is 849. The molecule has 6 heteroatoms. The highest BCUT2D eigenvalue weighted by molar-refractivity contribution is 7.18. The standard InChI is InChI=1S/C13H8N2O2S2/c16-7-3-4-9-8-14-13(18-9)15-12(17)10-5-1-2-6-11(10)19-15/h1-2,5-6,8,16H,7H2. The Morgan fingerprint density at radius 1 is 1.37 bits per heavy atom. The fourth-order valence-electron chi connectivity index (χ4n) is 1.64. The monoisotopic (exact) mass is 288 g/mol. The molecule has 0 aliphatic carbocycles. The zero-order valence-corrected chi connectivity index (χ0v) is 11.3. The maximum Gasteiger partial charge on any atom is 0.275 e. The lowest BCUT2D eigenvalue weighted by Crippen LogP contribution is -2.09. The van der Waals surface area contributed by atoms with Crippen LogP contribution in [0, 0.1) is 11.8 Å². The molecular formula is C13H8N2O2S2. The van der Waals surface area contributed by atoms with Crippen molar-refractivity contribution in [3.05, 3.63) is 45.7 Å². The Morgan fingerprint density at radius 2 is 2.21 bits per heavy atom. The van der Waals surface area contributed by atoms with Gasteiger partial charge in [0.15, 0.2) is 0 Å². The summed E-state index contributed by atoms with van der Waals surface area (Å²) in [7, 11) is 0. The third-order valence-electron chi connectivity index (χ3n) is 2.45. The van der Waals surface area contributed by atoms with Crippen LogP contribution in [-0.2, 0) is 0 Å². The maximum atomic E-state index is 12.2. The van der Waals surface area contributed by atoms with Crippen LogP contribution in [-0.4, -0.2) is 20.7 Å². The van der Waals surface area contributed by atoms with Gasteiger partial charge in [0.05, 0.1) is 21.2 Å². The normalized spacial score (nSPS) is 10.4. The molecule has 0 amide bonds. The molecule has 19 heavy (non-hydrogen) atoms. The average Bonchev–Trinajstić information content (AvgIpc) is 3.02. The second-order valence-corrected chi connectivity index (χ2v) is 5.65. The lowest BCUT2D eigenvalue weighted by Gasteiger charge is -1.89. The minimum atomic E-state index is -0.184. The molecule has 1 N–H and O–H groups in total. The number of aliphatic hydroxyl groups excluding tert-OH is 1. The molecule has 2 aromatic heterocycles. The summed E-state index contributed by atoms with van der Waals surface area (Å²) in [6.45, 7) is -0.184. The van der Waals surface area contributed by atoms with Gasteiger partial charge in [0.1, 0.15) is 6.61 Å².